The maximum absolute atomic E-state index is 4.59. The van der Waals surface area contributed by atoms with Gasteiger partial charge in [0.05, 0.1) is 5.84 Å². The fourth-order valence-electron chi connectivity index (χ4n) is 2.50. The van der Waals surface area contributed by atoms with E-state index in [9.17, 15) is 0 Å². The van der Waals surface area contributed by atoms with E-state index in [0.717, 1.165) is 12.5 Å². The van der Waals surface area contributed by atoms with Crippen molar-refractivity contribution in [1.29, 1.82) is 0 Å². The van der Waals surface area contributed by atoms with Crippen LogP contribution in [-0.4, -0.2) is 18.9 Å². The molecular weight excluding hydrogens is 172 g/mol. The zero-order chi connectivity index (χ0) is 9.64. The van der Waals surface area contributed by atoms with E-state index in [4.69, 9.17) is 0 Å². The van der Waals surface area contributed by atoms with Gasteiger partial charge in [-0.2, -0.15) is 0 Å². The van der Waals surface area contributed by atoms with Crippen LogP contribution in [0.3, 0.4) is 0 Å². The number of aliphatic imine (C=N–C) groups is 1. The molecule has 2 nitrogen and oxygen atoms in total. The first kappa shape index (κ1) is 10.0. The summed E-state index contributed by atoms with van der Waals surface area (Å²) in [5.74, 6) is 2.22. The van der Waals surface area contributed by atoms with Gasteiger partial charge in [-0.3, -0.25) is 4.99 Å². The van der Waals surface area contributed by atoms with Crippen LogP contribution < -0.4 is 5.32 Å². The van der Waals surface area contributed by atoms with Crippen molar-refractivity contribution in [2.75, 3.05) is 13.1 Å². The number of hydrogen-bond acceptors (Lipinski definition) is 2. The SMILES string of the molecule is C1CCN=C(NCC2CCCC2)CC1. The maximum Gasteiger partial charge on any atom is 0.0963 e. The summed E-state index contributed by atoms with van der Waals surface area (Å²) in [5.41, 5.74) is 0. The van der Waals surface area contributed by atoms with Crippen LogP contribution in [-0.2, 0) is 0 Å². The average molecular weight is 194 g/mol. The lowest BCUT2D eigenvalue weighted by Crippen LogP contribution is -2.28. The van der Waals surface area contributed by atoms with Crippen LogP contribution in [0.4, 0.5) is 0 Å². The van der Waals surface area contributed by atoms with E-state index >= 15 is 0 Å². The molecule has 2 heteroatoms. The highest BCUT2D eigenvalue weighted by Crippen LogP contribution is 2.23. The van der Waals surface area contributed by atoms with E-state index in [1.54, 1.807) is 0 Å². The lowest BCUT2D eigenvalue weighted by molar-refractivity contribution is 0.533. The Bertz CT molecular complexity index is 192. The zero-order valence-electron chi connectivity index (χ0n) is 9.10. The van der Waals surface area contributed by atoms with Gasteiger partial charge in [0, 0.05) is 19.5 Å². The first-order valence-corrected chi connectivity index (χ1v) is 6.22. The highest BCUT2D eigenvalue weighted by Gasteiger charge is 2.15. The normalized spacial score (nSPS) is 24.4. The Morgan fingerprint density at radius 1 is 1.07 bits per heavy atom. The van der Waals surface area contributed by atoms with Crippen molar-refractivity contribution in [1.82, 2.24) is 5.32 Å². The Hall–Kier alpha value is -0.530. The largest absolute Gasteiger partial charge is 0.374 e. The van der Waals surface area contributed by atoms with E-state index in [2.05, 4.69) is 10.3 Å². The molecule has 0 atom stereocenters. The van der Waals surface area contributed by atoms with Gasteiger partial charge in [0.25, 0.3) is 0 Å². The Morgan fingerprint density at radius 3 is 2.79 bits per heavy atom. The van der Waals surface area contributed by atoms with Gasteiger partial charge in [0.1, 0.15) is 0 Å². The van der Waals surface area contributed by atoms with Gasteiger partial charge < -0.3 is 5.32 Å². The predicted octanol–water partition coefficient (Wildman–Crippen LogP) is 2.74. The molecule has 1 N–H and O–H groups in total. The topological polar surface area (TPSA) is 24.4 Å². The average Bonchev–Trinajstić information content (AvgIpc) is 2.58. The van der Waals surface area contributed by atoms with Crippen LogP contribution >= 0.6 is 0 Å². The third kappa shape index (κ3) is 3.00. The minimum absolute atomic E-state index is 0.931. The summed E-state index contributed by atoms with van der Waals surface area (Å²) in [5, 5.41) is 3.55. The molecule has 80 valence electrons. The molecule has 1 heterocycles. The number of rotatable bonds is 2. The van der Waals surface area contributed by atoms with Crippen molar-refractivity contribution in [3.8, 4) is 0 Å². The number of hydrogen-bond donors (Lipinski definition) is 1. The summed E-state index contributed by atoms with van der Waals surface area (Å²) in [7, 11) is 0. The molecule has 1 aliphatic heterocycles. The minimum Gasteiger partial charge on any atom is -0.374 e. The molecule has 2 aliphatic rings. The van der Waals surface area contributed by atoms with Crippen molar-refractivity contribution in [2.24, 2.45) is 10.9 Å². The van der Waals surface area contributed by atoms with Gasteiger partial charge in [-0.05, 0) is 31.6 Å². The molecule has 1 fully saturated rings. The Balaban J connectivity index is 1.70. The second kappa shape index (κ2) is 5.38. The lowest BCUT2D eigenvalue weighted by Gasteiger charge is -2.12. The van der Waals surface area contributed by atoms with Crippen LogP contribution in [0.1, 0.15) is 51.4 Å². The standard InChI is InChI=1S/C12H22N2/c1-2-8-12(13-9-5-1)14-10-11-6-3-4-7-11/h11H,1-10H2,(H,13,14). The van der Waals surface area contributed by atoms with Crippen LogP contribution in [0.5, 0.6) is 0 Å². The number of nitrogens with one attached hydrogen (secondary N) is 1. The Kier molecular flexibility index (Phi) is 3.84. The molecule has 2 rings (SSSR count). The Morgan fingerprint density at radius 2 is 1.93 bits per heavy atom. The van der Waals surface area contributed by atoms with Crippen LogP contribution in [0.15, 0.2) is 4.99 Å². The van der Waals surface area contributed by atoms with E-state index < -0.39 is 0 Å². The molecule has 14 heavy (non-hydrogen) atoms. The Labute approximate surface area is 87.2 Å². The van der Waals surface area contributed by atoms with Crippen molar-refractivity contribution in [2.45, 2.75) is 51.4 Å². The molecule has 0 bridgehead atoms. The minimum atomic E-state index is 0.931. The summed E-state index contributed by atoms with van der Waals surface area (Å²) < 4.78 is 0. The van der Waals surface area contributed by atoms with Crippen molar-refractivity contribution < 1.29 is 0 Å². The monoisotopic (exact) mass is 194 g/mol. The fourth-order valence-corrected chi connectivity index (χ4v) is 2.50. The first-order valence-electron chi connectivity index (χ1n) is 6.22. The van der Waals surface area contributed by atoms with E-state index in [1.165, 1.54) is 63.7 Å². The highest BCUT2D eigenvalue weighted by atomic mass is 15.0. The fraction of sp³-hybridized carbons (Fsp3) is 0.917. The molecule has 1 saturated carbocycles. The molecule has 0 spiro atoms. The molecular formula is C12H22N2. The molecule has 0 radical (unpaired) electrons. The van der Waals surface area contributed by atoms with Crippen LogP contribution in [0, 0.1) is 5.92 Å². The second-order valence-corrected chi connectivity index (χ2v) is 4.67. The maximum atomic E-state index is 4.59. The van der Waals surface area contributed by atoms with Gasteiger partial charge in [-0.15, -0.1) is 0 Å². The van der Waals surface area contributed by atoms with Crippen LogP contribution in [0.25, 0.3) is 0 Å². The van der Waals surface area contributed by atoms with Gasteiger partial charge in [-0.25, -0.2) is 0 Å². The van der Waals surface area contributed by atoms with Crippen molar-refractivity contribution in [3.63, 3.8) is 0 Å². The smallest absolute Gasteiger partial charge is 0.0963 e. The summed E-state index contributed by atoms with van der Waals surface area (Å²) in [4.78, 5) is 4.59. The predicted molar refractivity (Wildman–Crippen MR) is 60.7 cm³/mol. The lowest BCUT2D eigenvalue weighted by atomic mass is 10.1. The van der Waals surface area contributed by atoms with Crippen molar-refractivity contribution in [3.05, 3.63) is 0 Å². The molecule has 0 aromatic rings. The van der Waals surface area contributed by atoms with Crippen LogP contribution in [0.2, 0.25) is 0 Å². The van der Waals surface area contributed by atoms with Gasteiger partial charge >= 0.3 is 0 Å². The summed E-state index contributed by atoms with van der Waals surface area (Å²) in [6.07, 6.45) is 10.9. The van der Waals surface area contributed by atoms with E-state index in [0.29, 0.717) is 0 Å². The second-order valence-electron chi connectivity index (χ2n) is 4.67. The molecule has 1 aliphatic carbocycles. The highest BCUT2D eigenvalue weighted by molar-refractivity contribution is 5.82. The molecule has 0 aromatic carbocycles. The van der Waals surface area contributed by atoms with Crippen molar-refractivity contribution >= 4 is 5.84 Å². The summed E-state index contributed by atoms with van der Waals surface area (Å²) in [6, 6.07) is 0. The third-order valence-electron chi connectivity index (χ3n) is 3.44. The third-order valence-corrected chi connectivity index (χ3v) is 3.44. The molecule has 0 saturated heterocycles. The van der Waals surface area contributed by atoms with Gasteiger partial charge in [0.2, 0.25) is 0 Å². The molecule has 0 aromatic heterocycles. The van der Waals surface area contributed by atoms with Gasteiger partial charge in [-0.1, -0.05) is 19.3 Å². The molecule has 0 amide bonds. The number of amidine groups is 1. The quantitative estimate of drug-likeness (QED) is 0.718. The number of nitrogens with zero attached hydrogens (tertiary/aromatic N) is 1. The van der Waals surface area contributed by atoms with E-state index in [1.807, 2.05) is 0 Å². The molecule has 0 unspecified atom stereocenters. The summed E-state index contributed by atoms with van der Waals surface area (Å²) >= 11 is 0. The first-order chi connectivity index (χ1) is 6.95. The van der Waals surface area contributed by atoms with Gasteiger partial charge in [0.15, 0.2) is 0 Å². The van der Waals surface area contributed by atoms with E-state index in [-0.39, 0.29) is 0 Å². The zero-order valence-corrected chi connectivity index (χ0v) is 9.10. The summed E-state index contributed by atoms with van der Waals surface area (Å²) in [6.45, 7) is 2.23.